The molecule has 1 fully saturated rings. The van der Waals surface area contributed by atoms with Crippen LogP contribution in [0.5, 0.6) is 0 Å². The van der Waals surface area contributed by atoms with E-state index in [1.807, 2.05) is 25.1 Å². The molecule has 5 heteroatoms. The van der Waals surface area contributed by atoms with Crippen LogP contribution < -0.4 is 5.32 Å². The highest BCUT2D eigenvalue weighted by atomic mass is 19.1. The summed E-state index contributed by atoms with van der Waals surface area (Å²) in [5.41, 5.74) is -0.464. The third-order valence-corrected chi connectivity index (χ3v) is 4.07. The van der Waals surface area contributed by atoms with Gasteiger partial charge in [-0.15, -0.1) is 0 Å². The lowest BCUT2D eigenvalue weighted by atomic mass is 9.85. The van der Waals surface area contributed by atoms with Crippen molar-refractivity contribution in [2.45, 2.75) is 38.3 Å². The first kappa shape index (κ1) is 15.5. The highest BCUT2D eigenvalue weighted by molar-refractivity contribution is 6.00. The van der Waals surface area contributed by atoms with Crippen molar-refractivity contribution in [1.29, 1.82) is 0 Å². The molecule has 1 heterocycles. The number of hydrogen-bond donors (Lipinski definition) is 1. The van der Waals surface area contributed by atoms with E-state index in [2.05, 4.69) is 5.32 Å². The molecule has 2 amide bonds. The standard InChI is InChI=1S/C16H21FN2O2/c1-3-7-13-14(20)19(11-10-17)16(2,15(21)18-13)12-8-5-4-6-9-12/h4-6,8-9,13H,3,7,10-11H2,1-2H3,(H,18,21). The average molecular weight is 292 g/mol. The van der Waals surface area contributed by atoms with E-state index in [1.54, 1.807) is 19.1 Å². The Bertz CT molecular complexity index is 520. The quantitative estimate of drug-likeness (QED) is 0.902. The number of nitrogens with one attached hydrogen (secondary N) is 1. The Hall–Kier alpha value is -1.91. The van der Waals surface area contributed by atoms with Crippen LogP contribution in [0.15, 0.2) is 30.3 Å². The highest BCUT2D eigenvalue weighted by Crippen LogP contribution is 2.32. The molecule has 0 spiro atoms. The van der Waals surface area contributed by atoms with Crippen molar-refractivity contribution in [3.8, 4) is 0 Å². The Balaban J connectivity index is 2.43. The van der Waals surface area contributed by atoms with E-state index in [4.69, 9.17) is 0 Å². The van der Waals surface area contributed by atoms with Crippen molar-refractivity contribution in [1.82, 2.24) is 10.2 Å². The molecule has 114 valence electrons. The van der Waals surface area contributed by atoms with Gasteiger partial charge in [-0.3, -0.25) is 9.59 Å². The van der Waals surface area contributed by atoms with Crippen LogP contribution in [0.2, 0.25) is 0 Å². The van der Waals surface area contributed by atoms with Crippen LogP contribution in [0.4, 0.5) is 4.39 Å². The van der Waals surface area contributed by atoms with Crippen LogP contribution in [-0.2, 0) is 15.1 Å². The summed E-state index contributed by atoms with van der Waals surface area (Å²) >= 11 is 0. The van der Waals surface area contributed by atoms with Crippen LogP contribution in [0.25, 0.3) is 0 Å². The third kappa shape index (κ3) is 2.64. The minimum Gasteiger partial charge on any atom is -0.342 e. The molecule has 4 nitrogen and oxygen atoms in total. The lowest BCUT2D eigenvalue weighted by molar-refractivity contribution is -0.157. The van der Waals surface area contributed by atoms with Gasteiger partial charge in [-0.1, -0.05) is 43.7 Å². The third-order valence-electron chi connectivity index (χ3n) is 4.07. The Labute approximate surface area is 124 Å². The number of halogens is 1. The van der Waals surface area contributed by atoms with Crippen molar-refractivity contribution in [2.24, 2.45) is 0 Å². The Morgan fingerprint density at radius 3 is 2.52 bits per heavy atom. The maximum atomic E-state index is 12.9. The first-order chi connectivity index (χ1) is 10.1. The fourth-order valence-electron chi connectivity index (χ4n) is 2.84. The Morgan fingerprint density at radius 2 is 1.95 bits per heavy atom. The van der Waals surface area contributed by atoms with E-state index >= 15 is 0 Å². The van der Waals surface area contributed by atoms with Crippen LogP contribution in [-0.4, -0.2) is 36.0 Å². The highest BCUT2D eigenvalue weighted by Gasteiger charge is 2.49. The van der Waals surface area contributed by atoms with E-state index in [-0.39, 0.29) is 18.4 Å². The van der Waals surface area contributed by atoms with E-state index in [0.717, 1.165) is 6.42 Å². The second-order valence-electron chi connectivity index (χ2n) is 5.43. The fraction of sp³-hybridized carbons (Fsp3) is 0.500. The second kappa shape index (κ2) is 6.24. The van der Waals surface area contributed by atoms with Crippen LogP contribution in [0, 0.1) is 0 Å². The summed E-state index contributed by atoms with van der Waals surface area (Å²) in [5.74, 6) is -0.458. The van der Waals surface area contributed by atoms with Crippen LogP contribution >= 0.6 is 0 Å². The molecule has 1 aliphatic heterocycles. The van der Waals surface area contributed by atoms with Crippen molar-refractivity contribution in [2.75, 3.05) is 13.2 Å². The van der Waals surface area contributed by atoms with Crippen molar-refractivity contribution >= 4 is 11.8 Å². The molecule has 0 radical (unpaired) electrons. The maximum absolute atomic E-state index is 12.9. The van der Waals surface area contributed by atoms with Crippen LogP contribution in [0.3, 0.4) is 0 Å². The summed E-state index contributed by atoms with van der Waals surface area (Å²) in [6.45, 7) is 2.88. The van der Waals surface area contributed by atoms with Gasteiger partial charge in [-0.05, 0) is 18.9 Å². The zero-order chi connectivity index (χ0) is 15.5. The molecule has 0 bridgehead atoms. The number of benzene rings is 1. The topological polar surface area (TPSA) is 49.4 Å². The number of carbonyl (C=O) groups excluding carboxylic acids is 2. The van der Waals surface area contributed by atoms with Gasteiger partial charge in [0.05, 0.1) is 6.54 Å². The van der Waals surface area contributed by atoms with Gasteiger partial charge in [-0.25, -0.2) is 4.39 Å². The van der Waals surface area contributed by atoms with Gasteiger partial charge in [0.15, 0.2) is 0 Å². The summed E-state index contributed by atoms with van der Waals surface area (Å²) in [6, 6.07) is 8.49. The van der Waals surface area contributed by atoms with E-state index < -0.39 is 18.3 Å². The molecule has 2 atom stereocenters. The predicted molar refractivity (Wildman–Crippen MR) is 78.3 cm³/mol. The van der Waals surface area contributed by atoms with E-state index in [9.17, 15) is 14.0 Å². The molecule has 2 unspecified atom stereocenters. The first-order valence-corrected chi connectivity index (χ1v) is 7.29. The number of rotatable bonds is 5. The molecule has 0 aromatic heterocycles. The fourth-order valence-corrected chi connectivity index (χ4v) is 2.84. The number of carbonyl (C=O) groups is 2. The molecule has 1 aromatic rings. The number of amides is 2. The molecular formula is C16H21FN2O2. The van der Waals surface area contributed by atoms with Gasteiger partial charge < -0.3 is 10.2 Å². The molecule has 1 saturated heterocycles. The number of hydrogen-bond acceptors (Lipinski definition) is 2. The summed E-state index contributed by atoms with van der Waals surface area (Å²) in [4.78, 5) is 26.6. The normalized spacial score (nSPS) is 25.9. The van der Waals surface area contributed by atoms with Crippen LogP contribution in [0.1, 0.15) is 32.3 Å². The molecule has 2 rings (SSSR count). The minimum absolute atomic E-state index is 0.0716. The van der Waals surface area contributed by atoms with Gasteiger partial charge in [-0.2, -0.15) is 0 Å². The zero-order valence-electron chi connectivity index (χ0n) is 12.4. The SMILES string of the molecule is CCCC1NC(=O)C(C)(c2ccccc2)N(CCF)C1=O. The van der Waals surface area contributed by atoms with Gasteiger partial charge in [0.25, 0.3) is 5.91 Å². The van der Waals surface area contributed by atoms with Gasteiger partial charge in [0.1, 0.15) is 18.3 Å². The summed E-state index contributed by atoms with van der Waals surface area (Å²) < 4.78 is 12.9. The molecule has 0 aliphatic carbocycles. The Morgan fingerprint density at radius 1 is 1.29 bits per heavy atom. The number of alkyl halides is 1. The van der Waals surface area contributed by atoms with Crippen molar-refractivity contribution in [3.05, 3.63) is 35.9 Å². The average Bonchev–Trinajstić information content (AvgIpc) is 2.50. The predicted octanol–water partition coefficient (Wildman–Crippen LogP) is 2.00. The summed E-state index contributed by atoms with van der Waals surface area (Å²) in [7, 11) is 0. The molecular weight excluding hydrogens is 271 g/mol. The molecule has 0 saturated carbocycles. The Kier molecular flexibility index (Phi) is 4.60. The maximum Gasteiger partial charge on any atom is 0.251 e. The lowest BCUT2D eigenvalue weighted by Crippen LogP contribution is -2.68. The van der Waals surface area contributed by atoms with Gasteiger partial charge in [0, 0.05) is 0 Å². The number of nitrogens with zero attached hydrogens (tertiary/aromatic N) is 1. The monoisotopic (exact) mass is 292 g/mol. The number of piperazine rings is 1. The summed E-state index contributed by atoms with van der Waals surface area (Å²) in [6.07, 6.45) is 1.35. The van der Waals surface area contributed by atoms with Crippen molar-refractivity contribution in [3.63, 3.8) is 0 Å². The summed E-state index contributed by atoms with van der Waals surface area (Å²) in [5, 5.41) is 2.79. The van der Waals surface area contributed by atoms with Crippen molar-refractivity contribution < 1.29 is 14.0 Å². The van der Waals surface area contributed by atoms with E-state index in [0.29, 0.717) is 12.0 Å². The molecule has 1 N–H and O–H groups in total. The van der Waals surface area contributed by atoms with Gasteiger partial charge >= 0.3 is 0 Å². The smallest absolute Gasteiger partial charge is 0.251 e. The first-order valence-electron chi connectivity index (χ1n) is 7.29. The zero-order valence-corrected chi connectivity index (χ0v) is 12.4. The van der Waals surface area contributed by atoms with Gasteiger partial charge in [0.2, 0.25) is 5.91 Å². The molecule has 1 aliphatic rings. The molecule has 1 aromatic carbocycles. The minimum atomic E-state index is -1.16. The largest absolute Gasteiger partial charge is 0.342 e. The van der Waals surface area contributed by atoms with E-state index in [1.165, 1.54) is 4.90 Å². The molecule has 21 heavy (non-hydrogen) atoms. The lowest BCUT2D eigenvalue weighted by Gasteiger charge is -2.46. The second-order valence-corrected chi connectivity index (χ2v) is 5.43.